The van der Waals surface area contributed by atoms with Crippen LogP contribution < -0.4 is 0 Å². The predicted molar refractivity (Wildman–Crippen MR) is 136 cm³/mol. The Kier molecular flexibility index (Phi) is 6.26. The van der Waals surface area contributed by atoms with Crippen LogP contribution in [0.5, 0.6) is 23.0 Å². The molecule has 1 unspecified atom stereocenters. The molecule has 2 fully saturated rings. The Labute approximate surface area is 213 Å². The number of alkyl halides is 1. The number of rotatable bonds is 5. The number of hydrogen-bond donors (Lipinski definition) is 4. The van der Waals surface area contributed by atoms with E-state index in [0.29, 0.717) is 34.2 Å². The van der Waals surface area contributed by atoms with Crippen LogP contribution in [0.25, 0.3) is 0 Å². The van der Waals surface area contributed by atoms with Crippen molar-refractivity contribution in [3.05, 3.63) is 119 Å². The van der Waals surface area contributed by atoms with E-state index in [0.717, 1.165) is 6.61 Å². The fourth-order valence-corrected chi connectivity index (χ4v) is 4.89. The van der Waals surface area contributed by atoms with Crippen molar-refractivity contribution in [3.63, 3.8) is 0 Å². The van der Waals surface area contributed by atoms with Crippen LogP contribution in [0.3, 0.4) is 0 Å². The first-order valence-corrected chi connectivity index (χ1v) is 12.0. The van der Waals surface area contributed by atoms with Gasteiger partial charge in [-0.3, -0.25) is 0 Å². The van der Waals surface area contributed by atoms with E-state index < -0.39 is 11.2 Å². The predicted octanol–water partition coefficient (Wildman–Crippen LogP) is 5.35. The molecule has 2 saturated heterocycles. The fraction of sp³-hybridized carbons (Fsp3) is 0.172. The summed E-state index contributed by atoms with van der Waals surface area (Å²) in [4.78, 5) is 0. The van der Waals surface area contributed by atoms with Crippen molar-refractivity contribution in [2.24, 2.45) is 0 Å². The number of halogens is 1. The van der Waals surface area contributed by atoms with Crippen molar-refractivity contribution in [2.75, 3.05) is 12.5 Å². The van der Waals surface area contributed by atoms with Gasteiger partial charge in [-0.15, -0.1) is 11.6 Å². The third-order valence-corrected chi connectivity index (χ3v) is 6.81. The molecular formula is C29H25ClO6. The van der Waals surface area contributed by atoms with Crippen molar-refractivity contribution >= 4 is 11.6 Å². The monoisotopic (exact) mass is 504 g/mol. The number of hydrogen-bond acceptors (Lipinski definition) is 6. The summed E-state index contributed by atoms with van der Waals surface area (Å²) in [5, 5.41) is 43.3. The summed E-state index contributed by atoms with van der Waals surface area (Å²) < 4.78 is 11.2. The van der Waals surface area contributed by atoms with Crippen LogP contribution in [-0.2, 0) is 20.7 Å². The van der Waals surface area contributed by atoms with Crippen LogP contribution in [0.1, 0.15) is 22.3 Å². The summed E-state index contributed by atoms with van der Waals surface area (Å²) in [5.74, 6) is 0.550. The highest BCUT2D eigenvalue weighted by molar-refractivity contribution is 6.18. The van der Waals surface area contributed by atoms with E-state index in [1.165, 1.54) is 0 Å². The molecule has 36 heavy (non-hydrogen) atoms. The Hall–Kier alpha value is -3.71. The maximum atomic E-state index is 10.8. The molecule has 4 N–H and O–H groups in total. The Morgan fingerprint density at radius 1 is 0.583 bits per heavy atom. The molecule has 7 heteroatoms. The normalized spacial score (nSPS) is 18.5. The number of para-hydroxylation sites is 4. The molecule has 0 bridgehead atoms. The molecule has 2 heterocycles. The second kappa shape index (κ2) is 9.39. The van der Waals surface area contributed by atoms with Crippen LogP contribution in [0.4, 0.5) is 0 Å². The highest BCUT2D eigenvalue weighted by atomic mass is 35.5. The van der Waals surface area contributed by atoms with Gasteiger partial charge in [-0.25, -0.2) is 0 Å². The van der Waals surface area contributed by atoms with Gasteiger partial charge in [-0.2, -0.15) is 0 Å². The molecule has 1 atom stereocenters. The number of phenols is 4. The quantitative estimate of drug-likeness (QED) is 0.216. The highest BCUT2D eigenvalue weighted by Gasteiger charge is 2.76. The maximum Gasteiger partial charge on any atom is 0.165 e. The summed E-state index contributed by atoms with van der Waals surface area (Å²) in [6, 6.07) is 26.8. The van der Waals surface area contributed by atoms with Crippen LogP contribution in [-0.4, -0.2) is 39.0 Å². The number of epoxide rings is 2. The summed E-state index contributed by atoms with van der Waals surface area (Å²) in [5.41, 5.74) is -1.18. The molecule has 4 aromatic carbocycles. The lowest BCUT2D eigenvalue weighted by Gasteiger charge is -2.24. The second-order valence-electron chi connectivity index (χ2n) is 8.64. The minimum atomic E-state index is -1.40. The standard InChI is InChI=1S/C26H20O5.C3H5ClO/c27-21-13-5-1-9-17(21)25(18-10-2-6-14-22(18)28)26(31-25,19-11-3-7-15-23(19)29)20-12-4-8-16-24(20)30;4-1-3-2-5-3/h1-16,27-30H;3H,1-2H2. The smallest absolute Gasteiger partial charge is 0.165 e. The molecule has 184 valence electrons. The van der Waals surface area contributed by atoms with Crippen molar-refractivity contribution < 1.29 is 29.9 Å². The van der Waals surface area contributed by atoms with Crippen LogP contribution in [0, 0.1) is 0 Å². The van der Waals surface area contributed by atoms with E-state index in [1.807, 2.05) is 0 Å². The molecule has 0 aromatic heterocycles. The van der Waals surface area contributed by atoms with Gasteiger partial charge in [0.15, 0.2) is 11.2 Å². The molecule has 0 aliphatic carbocycles. The van der Waals surface area contributed by atoms with Crippen molar-refractivity contribution in [1.82, 2.24) is 0 Å². The first-order chi connectivity index (χ1) is 17.5. The van der Waals surface area contributed by atoms with Crippen LogP contribution in [0.15, 0.2) is 97.1 Å². The average Bonchev–Trinajstić information content (AvgIpc) is 3.81. The lowest BCUT2D eigenvalue weighted by molar-refractivity contribution is 0.286. The average molecular weight is 505 g/mol. The van der Waals surface area contributed by atoms with E-state index in [9.17, 15) is 20.4 Å². The summed E-state index contributed by atoms with van der Waals surface area (Å²) >= 11 is 5.27. The number of benzene rings is 4. The minimum absolute atomic E-state index is 0.0292. The minimum Gasteiger partial charge on any atom is -0.508 e. The van der Waals surface area contributed by atoms with Crippen molar-refractivity contribution in [1.29, 1.82) is 0 Å². The van der Waals surface area contributed by atoms with E-state index in [1.54, 1.807) is 97.1 Å². The van der Waals surface area contributed by atoms with Gasteiger partial charge in [0.05, 0.1) is 18.6 Å². The largest absolute Gasteiger partial charge is 0.508 e. The van der Waals surface area contributed by atoms with E-state index in [2.05, 4.69) is 0 Å². The van der Waals surface area contributed by atoms with Crippen molar-refractivity contribution in [3.8, 4) is 23.0 Å². The third-order valence-electron chi connectivity index (χ3n) is 6.47. The number of phenolic OH excluding ortho intramolecular Hbond substituents is 4. The maximum absolute atomic E-state index is 10.8. The molecule has 0 radical (unpaired) electrons. The molecule has 0 amide bonds. The molecule has 0 saturated carbocycles. The Morgan fingerprint density at radius 2 is 0.861 bits per heavy atom. The zero-order valence-corrected chi connectivity index (χ0v) is 20.0. The van der Waals surface area contributed by atoms with Gasteiger partial charge in [-0.1, -0.05) is 72.8 Å². The fourth-order valence-electron chi connectivity index (χ4n) is 4.72. The lowest BCUT2D eigenvalue weighted by atomic mass is 9.72. The highest BCUT2D eigenvalue weighted by Crippen LogP contribution is 2.72. The van der Waals surface area contributed by atoms with Gasteiger partial charge in [0, 0.05) is 22.3 Å². The van der Waals surface area contributed by atoms with Gasteiger partial charge in [-0.05, 0) is 24.3 Å². The zero-order valence-electron chi connectivity index (χ0n) is 19.2. The molecule has 6 rings (SSSR count). The number of aromatic hydroxyl groups is 4. The first kappa shape index (κ1) is 24.0. The SMILES string of the molecule is ClCC1CO1.Oc1ccccc1C1(c2ccccc2O)OC1(c1ccccc1O)c1ccccc1O. The molecule has 0 spiro atoms. The summed E-state index contributed by atoms with van der Waals surface area (Å²) in [6.07, 6.45) is 0.400. The van der Waals surface area contributed by atoms with Gasteiger partial charge in [0.1, 0.15) is 23.0 Å². The van der Waals surface area contributed by atoms with E-state index in [4.69, 9.17) is 21.1 Å². The van der Waals surface area contributed by atoms with Gasteiger partial charge in [0.25, 0.3) is 0 Å². The van der Waals surface area contributed by atoms with Gasteiger partial charge >= 0.3 is 0 Å². The second-order valence-corrected chi connectivity index (χ2v) is 8.95. The van der Waals surface area contributed by atoms with Crippen LogP contribution in [0.2, 0.25) is 0 Å². The third kappa shape index (κ3) is 3.84. The summed E-state index contributed by atoms with van der Waals surface area (Å²) in [7, 11) is 0. The molecule has 6 nitrogen and oxygen atoms in total. The zero-order chi connectivity index (χ0) is 25.3. The van der Waals surface area contributed by atoms with Gasteiger partial charge < -0.3 is 29.9 Å². The van der Waals surface area contributed by atoms with Crippen molar-refractivity contribution in [2.45, 2.75) is 17.3 Å². The van der Waals surface area contributed by atoms with E-state index >= 15 is 0 Å². The molecule has 2 aliphatic rings. The Balaban J connectivity index is 0.000000477. The van der Waals surface area contributed by atoms with E-state index in [-0.39, 0.29) is 23.0 Å². The Morgan fingerprint density at radius 3 is 1.06 bits per heavy atom. The Bertz CT molecular complexity index is 1190. The topological polar surface area (TPSA) is 106 Å². The first-order valence-electron chi connectivity index (χ1n) is 11.5. The van der Waals surface area contributed by atoms with Gasteiger partial charge in [0.2, 0.25) is 0 Å². The summed E-state index contributed by atoms with van der Waals surface area (Å²) in [6.45, 7) is 0.878. The lowest BCUT2D eigenvalue weighted by Crippen LogP contribution is -2.26. The van der Waals surface area contributed by atoms with Crippen LogP contribution >= 0.6 is 11.6 Å². The molecular weight excluding hydrogens is 480 g/mol. The molecule has 4 aromatic rings. The number of ether oxygens (including phenoxy) is 2. The molecule has 2 aliphatic heterocycles.